The standard InChI is InChI=1S/C11H8ClF4N3/c12-10-18-7-4-2-1-3-6(7)8(19-10)17-5-11(15,16)9(13)14/h1-4,9H,5H2,(H,17,18,19). The smallest absolute Gasteiger partial charge is 0.324 e. The molecule has 0 fully saturated rings. The Morgan fingerprint density at radius 1 is 1.21 bits per heavy atom. The van der Waals surface area contributed by atoms with Crippen LogP contribution < -0.4 is 5.32 Å². The first-order valence-corrected chi connectivity index (χ1v) is 5.60. The normalized spacial score (nSPS) is 12.1. The van der Waals surface area contributed by atoms with E-state index in [0.717, 1.165) is 0 Å². The van der Waals surface area contributed by atoms with Crippen LogP contribution in [0.25, 0.3) is 10.9 Å². The van der Waals surface area contributed by atoms with E-state index in [2.05, 4.69) is 15.3 Å². The topological polar surface area (TPSA) is 37.8 Å². The van der Waals surface area contributed by atoms with Crippen LogP contribution in [0.5, 0.6) is 0 Å². The fourth-order valence-electron chi connectivity index (χ4n) is 1.46. The number of nitrogens with zero attached hydrogens (tertiary/aromatic N) is 2. The van der Waals surface area contributed by atoms with E-state index in [-0.39, 0.29) is 11.1 Å². The number of para-hydroxylation sites is 1. The van der Waals surface area contributed by atoms with Gasteiger partial charge in [-0.25, -0.2) is 18.7 Å². The monoisotopic (exact) mass is 293 g/mol. The number of rotatable bonds is 4. The lowest BCUT2D eigenvalue weighted by Crippen LogP contribution is -2.35. The van der Waals surface area contributed by atoms with Crippen molar-refractivity contribution in [2.75, 3.05) is 11.9 Å². The lowest BCUT2D eigenvalue weighted by Gasteiger charge is -2.16. The molecule has 0 aliphatic rings. The number of hydrogen-bond acceptors (Lipinski definition) is 3. The summed E-state index contributed by atoms with van der Waals surface area (Å²) in [6.45, 7) is -1.23. The van der Waals surface area contributed by atoms with Gasteiger partial charge in [-0.2, -0.15) is 8.78 Å². The molecule has 0 bridgehead atoms. The molecule has 0 saturated carbocycles. The Balaban J connectivity index is 2.30. The van der Waals surface area contributed by atoms with Gasteiger partial charge < -0.3 is 5.32 Å². The van der Waals surface area contributed by atoms with Gasteiger partial charge in [-0.1, -0.05) is 12.1 Å². The molecule has 1 heterocycles. The van der Waals surface area contributed by atoms with Crippen molar-refractivity contribution in [3.05, 3.63) is 29.5 Å². The van der Waals surface area contributed by atoms with Gasteiger partial charge in [-0.05, 0) is 23.7 Å². The van der Waals surface area contributed by atoms with Crippen molar-refractivity contribution < 1.29 is 17.6 Å². The molecule has 2 rings (SSSR count). The summed E-state index contributed by atoms with van der Waals surface area (Å²) in [5.41, 5.74) is 0.436. The SMILES string of the molecule is FC(F)C(F)(F)CNc1nc(Cl)nc2ccccc12. The largest absolute Gasteiger partial charge is 0.363 e. The van der Waals surface area contributed by atoms with Gasteiger partial charge in [0, 0.05) is 5.39 Å². The Morgan fingerprint density at radius 2 is 1.89 bits per heavy atom. The zero-order valence-corrected chi connectivity index (χ0v) is 10.1. The van der Waals surface area contributed by atoms with Crippen molar-refractivity contribution in [2.24, 2.45) is 0 Å². The van der Waals surface area contributed by atoms with E-state index in [1.54, 1.807) is 24.3 Å². The van der Waals surface area contributed by atoms with Crippen molar-refractivity contribution in [1.82, 2.24) is 9.97 Å². The highest BCUT2D eigenvalue weighted by atomic mass is 35.5. The Labute approximate surface area is 110 Å². The number of nitrogens with one attached hydrogen (secondary N) is 1. The molecule has 0 spiro atoms. The van der Waals surface area contributed by atoms with E-state index in [4.69, 9.17) is 11.6 Å². The molecule has 2 aromatic rings. The maximum Gasteiger partial charge on any atom is 0.324 e. The van der Waals surface area contributed by atoms with Gasteiger partial charge in [0.25, 0.3) is 0 Å². The van der Waals surface area contributed by atoms with Crippen molar-refractivity contribution in [3.63, 3.8) is 0 Å². The fraction of sp³-hybridized carbons (Fsp3) is 0.273. The van der Waals surface area contributed by atoms with E-state index in [1.807, 2.05) is 0 Å². The highest BCUT2D eigenvalue weighted by molar-refractivity contribution is 6.28. The average Bonchev–Trinajstić information content (AvgIpc) is 2.35. The van der Waals surface area contributed by atoms with E-state index in [9.17, 15) is 17.6 Å². The summed E-state index contributed by atoms with van der Waals surface area (Å²) in [5.74, 6) is -4.14. The first-order valence-electron chi connectivity index (χ1n) is 5.22. The molecule has 0 unspecified atom stereocenters. The van der Waals surface area contributed by atoms with Gasteiger partial charge in [0.15, 0.2) is 0 Å². The number of alkyl halides is 4. The van der Waals surface area contributed by atoms with Gasteiger partial charge in [-0.15, -0.1) is 0 Å². The van der Waals surface area contributed by atoms with Crippen LogP contribution in [0.1, 0.15) is 0 Å². The molecule has 19 heavy (non-hydrogen) atoms. The van der Waals surface area contributed by atoms with Gasteiger partial charge in [-0.3, -0.25) is 0 Å². The first kappa shape index (κ1) is 13.8. The Hall–Kier alpha value is -1.63. The Kier molecular flexibility index (Phi) is 3.75. The Bertz CT molecular complexity index is 591. The Morgan fingerprint density at radius 3 is 2.58 bits per heavy atom. The van der Waals surface area contributed by atoms with Crippen molar-refractivity contribution in [3.8, 4) is 0 Å². The summed E-state index contributed by atoms with van der Waals surface area (Å²) in [5, 5.41) is 2.46. The summed E-state index contributed by atoms with van der Waals surface area (Å²) in [4.78, 5) is 7.62. The minimum Gasteiger partial charge on any atom is -0.363 e. The van der Waals surface area contributed by atoms with Crippen molar-refractivity contribution in [1.29, 1.82) is 0 Å². The second-order valence-electron chi connectivity index (χ2n) is 3.77. The molecule has 3 nitrogen and oxygen atoms in total. The summed E-state index contributed by atoms with van der Waals surface area (Å²) in [6, 6.07) is 6.52. The molecule has 1 aromatic carbocycles. The maximum absolute atomic E-state index is 12.8. The van der Waals surface area contributed by atoms with Crippen LogP contribution in [0, 0.1) is 0 Å². The molecule has 0 radical (unpaired) electrons. The molecule has 0 saturated heterocycles. The third-order valence-corrected chi connectivity index (χ3v) is 2.56. The van der Waals surface area contributed by atoms with Gasteiger partial charge >= 0.3 is 12.3 Å². The van der Waals surface area contributed by atoms with Crippen molar-refractivity contribution in [2.45, 2.75) is 12.3 Å². The van der Waals surface area contributed by atoms with E-state index >= 15 is 0 Å². The van der Waals surface area contributed by atoms with Crippen molar-refractivity contribution >= 4 is 28.3 Å². The minimum absolute atomic E-state index is 0.00377. The van der Waals surface area contributed by atoms with Crippen LogP contribution in [0.3, 0.4) is 0 Å². The molecule has 0 amide bonds. The van der Waals surface area contributed by atoms with Crippen LogP contribution in [-0.2, 0) is 0 Å². The number of hydrogen-bond donors (Lipinski definition) is 1. The van der Waals surface area contributed by atoms with E-state index in [1.165, 1.54) is 0 Å². The molecular formula is C11H8ClF4N3. The first-order chi connectivity index (χ1) is 8.90. The second kappa shape index (κ2) is 5.16. The molecule has 1 aromatic heterocycles. The highest BCUT2D eigenvalue weighted by Crippen LogP contribution is 2.26. The van der Waals surface area contributed by atoms with Gasteiger partial charge in [0.2, 0.25) is 5.28 Å². The number of aromatic nitrogens is 2. The number of anilines is 1. The summed E-state index contributed by atoms with van der Waals surface area (Å²) < 4.78 is 49.8. The molecule has 102 valence electrons. The number of halogens is 5. The summed E-state index contributed by atoms with van der Waals surface area (Å²) in [7, 11) is 0. The van der Waals surface area contributed by atoms with E-state index in [0.29, 0.717) is 10.9 Å². The van der Waals surface area contributed by atoms with Gasteiger partial charge in [0.1, 0.15) is 5.82 Å². The number of benzene rings is 1. The zero-order chi connectivity index (χ0) is 14.0. The quantitative estimate of drug-likeness (QED) is 0.691. The number of fused-ring (bicyclic) bond motifs is 1. The summed E-state index contributed by atoms with van der Waals surface area (Å²) in [6.07, 6.45) is -3.75. The lowest BCUT2D eigenvalue weighted by atomic mass is 10.2. The predicted molar refractivity (Wildman–Crippen MR) is 64.0 cm³/mol. The van der Waals surface area contributed by atoms with Crippen LogP contribution in [0.2, 0.25) is 5.28 Å². The molecule has 0 atom stereocenters. The molecule has 0 aliphatic carbocycles. The third-order valence-electron chi connectivity index (χ3n) is 2.39. The predicted octanol–water partition coefficient (Wildman–Crippen LogP) is 3.60. The molecular weight excluding hydrogens is 286 g/mol. The molecule has 0 aliphatic heterocycles. The van der Waals surface area contributed by atoms with Crippen LogP contribution >= 0.6 is 11.6 Å². The molecule has 8 heteroatoms. The van der Waals surface area contributed by atoms with E-state index < -0.39 is 18.9 Å². The summed E-state index contributed by atoms with van der Waals surface area (Å²) >= 11 is 5.64. The van der Waals surface area contributed by atoms with Crippen LogP contribution in [0.15, 0.2) is 24.3 Å². The average molecular weight is 294 g/mol. The lowest BCUT2D eigenvalue weighted by molar-refractivity contribution is -0.117. The van der Waals surface area contributed by atoms with Crippen LogP contribution in [-0.4, -0.2) is 28.9 Å². The molecule has 1 N–H and O–H groups in total. The minimum atomic E-state index is -4.14. The second-order valence-corrected chi connectivity index (χ2v) is 4.11. The zero-order valence-electron chi connectivity index (χ0n) is 9.38. The third kappa shape index (κ3) is 3.04. The van der Waals surface area contributed by atoms with Crippen LogP contribution in [0.4, 0.5) is 23.4 Å². The van der Waals surface area contributed by atoms with Gasteiger partial charge in [0.05, 0.1) is 12.1 Å². The maximum atomic E-state index is 12.8. The highest BCUT2D eigenvalue weighted by Gasteiger charge is 2.40. The fourth-order valence-corrected chi connectivity index (χ4v) is 1.64.